The van der Waals surface area contributed by atoms with E-state index in [0.29, 0.717) is 12.1 Å². The van der Waals surface area contributed by atoms with Gasteiger partial charge in [-0.2, -0.15) is 0 Å². The van der Waals surface area contributed by atoms with Crippen LogP contribution in [-0.2, 0) is 0 Å². The number of carboxylic acids is 1. The molecule has 0 aromatic heterocycles. The average molecular weight is 248 g/mol. The maximum Gasteiger partial charge on any atom is 0.335 e. The lowest BCUT2D eigenvalue weighted by atomic mass is 10.2. The minimum atomic E-state index is -9.68. The topological polar surface area (TPSA) is 37.3 Å². The van der Waals surface area contributed by atoms with E-state index in [1.165, 1.54) is 0 Å². The van der Waals surface area contributed by atoms with E-state index in [1.807, 2.05) is 0 Å². The SMILES string of the molecule is O=C(O)c1ccc(S(F)(F)(F)(F)F)cc1. The van der Waals surface area contributed by atoms with E-state index in [9.17, 15) is 24.2 Å². The zero-order chi connectivity index (χ0) is 12.0. The number of aromatic carboxylic acids is 1. The summed E-state index contributed by atoms with van der Waals surface area (Å²) in [6.45, 7) is 0. The molecule has 2 nitrogen and oxygen atoms in total. The second-order valence-electron chi connectivity index (χ2n) is 2.80. The van der Waals surface area contributed by atoms with Gasteiger partial charge in [0.25, 0.3) is 0 Å². The summed E-state index contributed by atoms with van der Waals surface area (Å²) in [5, 5.41) is 8.35. The molecule has 15 heavy (non-hydrogen) atoms. The van der Waals surface area contributed by atoms with Crippen molar-refractivity contribution in [3.63, 3.8) is 0 Å². The molecule has 0 unspecified atom stereocenters. The standard InChI is InChI=1S/C7H5F5O2S/c8-15(9,10,11,12)6-3-1-5(2-4-6)7(13)14/h1-4H,(H,13,14). The molecule has 86 valence electrons. The molecule has 0 bridgehead atoms. The van der Waals surface area contributed by atoms with Crippen LogP contribution in [0.1, 0.15) is 10.4 Å². The normalized spacial score (nSPS) is 16.6. The zero-order valence-electron chi connectivity index (χ0n) is 6.96. The summed E-state index contributed by atoms with van der Waals surface area (Å²) < 4.78 is 60.7. The van der Waals surface area contributed by atoms with Gasteiger partial charge in [-0.3, -0.25) is 0 Å². The van der Waals surface area contributed by atoms with Crippen molar-refractivity contribution in [3.8, 4) is 0 Å². The highest BCUT2D eigenvalue weighted by Gasteiger charge is 2.65. The summed E-state index contributed by atoms with van der Waals surface area (Å²) in [5.74, 6) is -1.48. The maximum atomic E-state index is 12.1. The predicted molar refractivity (Wildman–Crippen MR) is 44.8 cm³/mol. The minimum Gasteiger partial charge on any atom is -0.478 e. The molecule has 0 spiro atoms. The summed E-state index contributed by atoms with van der Waals surface area (Å²) in [5.41, 5.74) is -0.486. The number of carboxylic acid groups (broad SMARTS) is 1. The fourth-order valence-corrected chi connectivity index (χ4v) is 1.51. The highest BCUT2D eigenvalue weighted by Crippen LogP contribution is 3.02. The molecule has 8 heteroatoms. The first kappa shape index (κ1) is 11.8. The molecule has 0 fully saturated rings. The fraction of sp³-hybridized carbons (Fsp3) is 0. The van der Waals surface area contributed by atoms with Crippen LogP contribution in [0.4, 0.5) is 19.4 Å². The Labute approximate surface area is 81.1 Å². The Morgan fingerprint density at radius 1 is 1.00 bits per heavy atom. The Hall–Kier alpha value is -1.31. The molecule has 1 N–H and O–H groups in total. The average Bonchev–Trinajstić information content (AvgIpc) is 2.00. The maximum absolute atomic E-state index is 12.1. The van der Waals surface area contributed by atoms with Gasteiger partial charge in [0, 0.05) is 0 Å². The van der Waals surface area contributed by atoms with E-state index in [0.717, 1.165) is 0 Å². The molecule has 0 saturated carbocycles. The summed E-state index contributed by atoms with van der Waals surface area (Å²) in [7, 11) is -9.68. The Balaban J connectivity index is 3.29. The van der Waals surface area contributed by atoms with Crippen LogP contribution in [0.25, 0.3) is 0 Å². The molecule has 0 aliphatic heterocycles. The van der Waals surface area contributed by atoms with E-state index in [4.69, 9.17) is 5.11 Å². The van der Waals surface area contributed by atoms with E-state index in [2.05, 4.69) is 0 Å². The summed E-state index contributed by atoms with van der Waals surface area (Å²) in [6, 6.07) is 1.08. The van der Waals surface area contributed by atoms with Crippen molar-refractivity contribution < 1.29 is 29.3 Å². The monoisotopic (exact) mass is 248 g/mol. The molecule has 0 aliphatic carbocycles. The number of carbonyl (C=O) groups is 1. The van der Waals surface area contributed by atoms with Gasteiger partial charge in [-0.25, -0.2) is 4.79 Å². The first-order valence-corrected chi connectivity index (χ1v) is 5.43. The van der Waals surface area contributed by atoms with Crippen molar-refractivity contribution in [1.82, 2.24) is 0 Å². The highest BCUT2D eigenvalue weighted by molar-refractivity contribution is 8.45. The molecule has 0 saturated heterocycles. The molecule has 1 rings (SSSR count). The van der Waals surface area contributed by atoms with E-state index in [-0.39, 0.29) is 12.1 Å². The molecule has 0 radical (unpaired) electrons. The second kappa shape index (κ2) is 2.43. The van der Waals surface area contributed by atoms with Crippen LogP contribution in [0, 0.1) is 0 Å². The molecule has 0 aliphatic rings. The van der Waals surface area contributed by atoms with Gasteiger partial charge in [0.2, 0.25) is 0 Å². The lowest BCUT2D eigenvalue weighted by Crippen LogP contribution is -2.06. The van der Waals surface area contributed by atoms with Crippen LogP contribution in [0.5, 0.6) is 0 Å². The molecule has 0 heterocycles. The smallest absolute Gasteiger partial charge is 0.335 e. The lowest BCUT2D eigenvalue weighted by Gasteiger charge is -2.40. The highest BCUT2D eigenvalue weighted by atomic mass is 32.5. The van der Waals surface area contributed by atoms with E-state index >= 15 is 0 Å². The molecule has 0 amide bonds. The summed E-state index contributed by atoms with van der Waals surface area (Å²) >= 11 is 0. The van der Waals surface area contributed by atoms with Gasteiger partial charge in [-0.1, -0.05) is 19.4 Å². The number of halogens is 5. The van der Waals surface area contributed by atoms with Crippen molar-refractivity contribution in [1.29, 1.82) is 0 Å². The number of hydrogen-bond donors (Lipinski definition) is 1. The Morgan fingerprint density at radius 2 is 1.40 bits per heavy atom. The predicted octanol–water partition coefficient (Wildman–Crippen LogP) is 4.04. The third-order valence-electron chi connectivity index (χ3n) is 1.55. The van der Waals surface area contributed by atoms with Gasteiger partial charge in [0.15, 0.2) is 0 Å². The van der Waals surface area contributed by atoms with Crippen LogP contribution < -0.4 is 0 Å². The molecule has 1 aromatic carbocycles. The second-order valence-corrected chi connectivity index (χ2v) is 5.21. The van der Waals surface area contributed by atoms with Gasteiger partial charge in [-0.05, 0) is 24.3 Å². The Morgan fingerprint density at radius 3 is 1.67 bits per heavy atom. The molecular formula is C7H5F5O2S. The zero-order valence-corrected chi connectivity index (χ0v) is 7.78. The van der Waals surface area contributed by atoms with Crippen molar-refractivity contribution in [2.75, 3.05) is 0 Å². The minimum absolute atomic E-state index is 0.0605. The first-order valence-electron chi connectivity index (χ1n) is 3.47. The fourth-order valence-electron chi connectivity index (χ4n) is 0.855. The summed E-state index contributed by atoms with van der Waals surface area (Å²) in [4.78, 5) is 8.17. The van der Waals surface area contributed by atoms with E-state index < -0.39 is 26.7 Å². The third-order valence-corrected chi connectivity index (χ3v) is 2.71. The van der Waals surface area contributed by atoms with Gasteiger partial charge >= 0.3 is 16.2 Å². The van der Waals surface area contributed by atoms with Gasteiger partial charge in [0.05, 0.1) is 5.56 Å². The van der Waals surface area contributed by atoms with E-state index in [1.54, 1.807) is 0 Å². The number of hydrogen-bond acceptors (Lipinski definition) is 1. The van der Waals surface area contributed by atoms with Crippen molar-refractivity contribution in [2.45, 2.75) is 4.90 Å². The summed E-state index contributed by atoms with van der Waals surface area (Å²) in [6.07, 6.45) is 0. The molecule has 0 atom stereocenters. The quantitative estimate of drug-likeness (QED) is 0.802. The number of rotatable bonds is 2. The van der Waals surface area contributed by atoms with Crippen LogP contribution >= 0.6 is 10.2 Å². The van der Waals surface area contributed by atoms with Crippen LogP contribution in [0.3, 0.4) is 0 Å². The molecule has 1 aromatic rings. The van der Waals surface area contributed by atoms with Gasteiger partial charge in [-0.15, -0.1) is 0 Å². The van der Waals surface area contributed by atoms with Gasteiger partial charge in [0.1, 0.15) is 4.90 Å². The largest absolute Gasteiger partial charge is 0.478 e. The van der Waals surface area contributed by atoms with Crippen molar-refractivity contribution in [3.05, 3.63) is 29.8 Å². The third kappa shape index (κ3) is 2.82. The first-order chi connectivity index (χ1) is 6.40. The van der Waals surface area contributed by atoms with Crippen LogP contribution in [0.2, 0.25) is 0 Å². The number of benzene rings is 1. The van der Waals surface area contributed by atoms with Crippen molar-refractivity contribution >= 4 is 16.2 Å². The molecular weight excluding hydrogens is 243 g/mol. The Bertz CT molecular complexity index is 406. The lowest BCUT2D eigenvalue weighted by molar-refractivity contribution is 0.0696. The Kier molecular flexibility index (Phi) is 1.91. The van der Waals surface area contributed by atoms with Crippen molar-refractivity contribution in [2.24, 2.45) is 0 Å². The van der Waals surface area contributed by atoms with Crippen LogP contribution in [-0.4, -0.2) is 11.1 Å². The van der Waals surface area contributed by atoms with Gasteiger partial charge < -0.3 is 5.11 Å². The van der Waals surface area contributed by atoms with Crippen LogP contribution in [0.15, 0.2) is 29.2 Å².